The Hall–Kier alpha value is -6.33. The topological polar surface area (TPSA) is 33.5 Å². The van der Waals surface area contributed by atoms with Gasteiger partial charge in [-0.25, -0.2) is 4.98 Å². The van der Waals surface area contributed by atoms with E-state index in [-0.39, 0.29) is 16.2 Å². The van der Waals surface area contributed by atoms with Gasteiger partial charge in [0.1, 0.15) is 24.0 Å². The predicted octanol–water partition coefficient (Wildman–Crippen LogP) is 14.1. The molecule has 0 fully saturated rings. The van der Waals surface area contributed by atoms with E-state index in [1.807, 2.05) is 6.20 Å². The molecule has 0 aliphatic carbocycles. The zero-order valence-electron chi connectivity index (χ0n) is 34.9. The molecule has 8 aromatic rings. The highest BCUT2D eigenvalue weighted by Crippen LogP contribution is 2.47. The first-order valence-electron chi connectivity index (χ1n) is 20.4. The van der Waals surface area contributed by atoms with Crippen molar-refractivity contribution >= 4 is 44.6 Å². The summed E-state index contributed by atoms with van der Waals surface area (Å²) in [5.74, 6) is 2.46. The van der Waals surface area contributed by atoms with Crippen molar-refractivity contribution in [2.24, 2.45) is 0 Å². The summed E-state index contributed by atoms with van der Waals surface area (Å²) < 4.78 is 9.28. The maximum Gasteiger partial charge on any atom is 0.137 e. The maximum absolute atomic E-state index is 7.00. The van der Waals surface area contributed by atoms with Crippen LogP contribution in [-0.4, -0.2) is 16.2 Å². The number of benzene rings is 6. The molecule has 6 aromatic carbocycles. The van der Waals surface area contributed by atoms with E-state index in [0.29, 0.717) is 6.67 Å². The molecule has 0 radical (unpaired) electrons. The van der Waals surface area contributed by atoms with Crippen LogP contribution < -0.4 is 14.5 Å². The molecule has 290 valence electrons. The Balaban J connectivity index is 1.17. The zero-order chi connectivity index (χ0) is 40.4. The van der Waals surface area contributed by atoms with Crippen molar-refractivity contribution in [2.45, 2.75) is 71.6 Å². The maximum atomic E-state index is 7.00. The number of anilines is 4. The monoisotopic (exact) mass is 760 g/mol. The van der Waals surface area contributed by atoms with Crippen LogP contribution in [0.25, 0.3) is 27.6 Å². The van der Waals surface area contributed by atoms with E-state index in [1.54, 1.807) is 0 Å². The lowest BCUT2D eigenvalue weighted by Gasteiger charge is -2.29. The fourth-order valence-electron chi connectivity index (χ4n) is 8.38. The van der Waals surface area contributed by atoms with Gasteiger partial charge in [0.15, 0.2) is 0 Å². The van der Waals surface area contributed by atoms with Crippen LogP contribution in [0.15, 0.2) is 158 Å². The fraction of sp³-hybridized carbons (Fsp3) is 0.226. The Morgan fingerprint density at radius 1 is 0.466 bits per heavy atom. The summed E-state index contributed by atoms with van der Waals surface area (Å²) in [6, 6.07) is 54.6. The summed E-state index contributed by atoms with van der Waals surface area (Å²) in [7, 11) is 0. The number of para-hydroxylation sites is 3. The minimum Gasteiger partial charge on any atom is -0.457 e. The number of aromatic nitrogens is 2. The Labute approximate surface area is 343 Å². The fourth-order valence-corrected chi connectivity index (χ4v) is 8.38. The second kappa shape index (κ2) is 13.9. The smallest absolute Gasteiger partial charge is 0.137 e. The Morgan fingerprint density at radius 2 is 1.09 bits per heavy atom. The van der Waals surface area contributed by atoms with E-state index in [1.165, 1.54) is 44.7 Å². The number of fused-ring (bicyclic) bond motifs is 4. The standard InChI is InChI=1S/C53H52N4O/c1-51(2,3)37-19-16-20-40(29-37)55-35-56(48-24-15-14-23-47(48)55)41-30-39(53(7,8)36-17-10-9-11-18-36)31-43(33-41)58-42-25-26-45-44-21-12-13-22-46(44)57(49(45)34-42)50-32-38(27-28-54-50)52(4,5)6/h9-34H,35H2,1-8H3. The summed E-state index contributed by atoms with van der Waals surface area (Å²) in [6.45, 7) is 18.8. The molecule has 0 unspecified atom stereocenters. The first-order chi connectivity index (χ1) is 27.8. The lowest BCUT2D eigenvalue weighted by atomic mass is 9.78. The highest BCUT2D eigenvalue weighted by atomic mass is 16.5. The molecule has 0 atom stereocenters. The van der Waals surface area contributed by atoms with Crippen molar-refractivity contribution < 1.29 is 4.74 Å². The van der Waals surface area contributed by atoms with Gasteiger partial charge in [0, 0.05) is 45.9 Å². The van der Waals surface area contributed by atoms with Crippen LogP contribution >= 0.6 is 0 Å². The molecule has 1 aliphatic heterocycles. The van der Waals surface area contributed by atoms with Gasteiger partial charge in [-0.3, -0.25) is 4.57 Å². The van der Waals surface area contributed by atoms with E-state index >= 15 is 0 Å². The van der Waals surface area contributed by atoms with Crippen LogP contribution in [0, 0.1) is 0 Å². The predicted molar refractivity (Wildman–Crippen MR) is 243 cm³/mol. The second-order valence-corrected chi connectivity index (χ2v) is 18.3. The number of hydrogen-bond acceptors (Lipinski definition) is 4. The van der Waals surface area contributed by atoms with Crippen LogP contribution in [0.1, 0.15) is 77.6 Å². The number of pyridine rings is 1. The van der Waals surface area contributed by atoms with Crippen molar-refractivity contribution in [2.75, 3.05) is 16.5 Å². The summed E-state index contributed by atoms with van der Waals surface area (Å²) in [5, 5.41) is 2.35. The zero-order valence-corrected chi connectivity index (χ0v) is 34.9. The molecule has 1 aliphatic rings. The third kappa shape index (κ3) is 6.68. The number of ether oxygens (including phenoxy) is 1. The molecule has 0 bridgehead atoms. The van der Waals surface area contributed by atoms with Crippen LogP contribution in [0.3, 0.4) is 0 Å². The van der Waals surface area contributed by atoms with Gasteiger partial charge in [-0.05, 0) is 99.8 Å². The third-order valence-electron chi connectivity index (χ3n) is 11.9. The van der Waals surface area contributed by atoms with E-state index < -0.39 is 0 Å². The van der Waals surface area contributed by atoms with Gasteiger partial charge in [0.05, 0.1) is 22.4 Å². The van der Waals surface area contributed by atoms with Gasteiger partial charge in [-0.2, -0.15) is 0 Å². The Morgan fingerprint density at radius 3 is 1.83 bits per heavy atom. The highest BCUT2D eigenvalue weighted by molar-refractivity contribution is 6.09. The minimum atomic E-state index is -0.296. The van der Waals surface area contributed by atoms with Crippen molar-refractivity contribution in [3.8, 4) is 17.3 Å². The van der Waals surface area contributed by atoms with Gasteiger partial charge in [-0.15, -0.1) is 0 Å². The summed E-state index contributed by atoms with van der Waals surface area (Å²) in [4.78, 5) is 9.76. The van der Waals surface area contributed by atoms with Gasteiger partial charge in [-0.1, -0.05) is 128 Å². The van der Waals surface area contributed by atoms with Gasteiger partial charge in [0.25, 0.3) is 0 Å². The lowest BCUT2D eigenvalue weighted by Crippen LogP contribution is -2.25. The SMILES string of the molecule is CC(C)(C)c1cccc(N2CN(c3cc(Oc4ccc5c6ccccc6n(-c6cc(C(C)(C)C)ccn6)c5c4)cc(C(C)(C)c4ccccc4)c3)c3ccccc32)c1. The lowest BCUT2D eigenvalue weighted by molar-refractivity contribution is 0.480. The quantitative estimate of drug-likeness (QED) is 0.162. The van der Waals surface area contributed by atoms with E-state index in [2.05, 4.69) is 221 Å². The first-order valence-corrected chi connectivity index (χ1v) is 20.4. The van der Waals surface area contributed by atoms with Crippen LogP contribution in [-0.2, 0) is 16.2 Å². The van der Waals surface area contributed by atoms with Crippen LogP contribution in [0.5, 0.6) is 11.5 Å². The molecule has 5 heteroatoms. The molecule has 0 saturated heterocycles. The molecule has 58 heavy (non-hydrogen) atoms. The van der Waals surface area contributed by atoms with E-state index in [9.17, 15) is 0 Å². The highest BCUT2D eigenvalue weighted by Gasteiger charge is 2.31. The molecular formula is C53H52N4O. The largest absolute Gasteiger partial charge is 0.457 e. The number of rotatable bonds is 7. The Bertz CT molecular complexity index is 2800. The van der Waals surface area contributed by atoms with E-state index in [4.69, 9.17) is 9.72 Å². The number of hydrogen-bond donors (Lipinski definition) is 0. The molecule has 0 amide bonds. The average Bonchev–Trinajstić information content (AvgIpc) is 3.77. The number of nitrogens with zero attached hydrogens (tertiary/aromatic N) is 4. The Kier molecular flexibility index (Phi) is 8.96. The van der Waals surface area contributed by atoms with Crippen LogP contribution in [0.2, 0.25) is 0 Å². The molecule has 0 saturated carbocycles. The summed E-state index contributed by atoms with van der Waals surface area (Å²) >= 11 is 0. The van der Waals surface area contributed by atoms with Gasteiger partial charge < -0.3 is 14.5 Å². The van der Waals surface area contributed by atoms with Crippen molar-refractivity contribution in [3.05, 3.63) is 180 Å². The molecule has 9 rings (SSSR count). The normalized spacial score (nSPS) is 13.4. The second-order valence-electron chi connectivity index (χ2n) is 18.3. The third-order valence-corrected chi connectivity index (χ3v) is 11.9. The van der Waals surface area contributed by atoms with Crippen molar-refractivity contribution in [1.29, 1.82) is 0 Å². The molecule has 2 aromatic heterocycles. The van der Waals surface area contributed by atoms with Crippen molar-refractivity contribution in [1.82, 2.24) is 9.55 Å². The average molecular weight is 761 g/mol. The summed E-state index contributed by atoms with van der Waals surface area (Å²) in [5.41, 5.74) is 11.5. The minimum absolute atomic E-state index is 0.00960. The molecule has 3 heterocycles. The van der Waals surface area contributed by atoms with Crippen molar-refractivity contribution in [3.63, 3.8) is 0 Å². The summed E-state index contributed by atoms with van der Waals surface area (Å²) in [6.07, 6.45) is 1.93. The molecule has 0 N–H and O–H groups in total. The first kappa shape index (κ1) is 37.3. The molecule has 5 nitrogen and oxygen atoms in total. The van der Waals surface area contributed by atoms with Gasteiger partial charge >= 0.3 is 0 Å². The van der Waals surface area contributed by atoms with Gasteiger partial charge in [0.2, 0.25) is 0 Å². The van der Waals surface area contributed by atoms with Crippen LogP contribution in [0.4, 0.5) is 22.7 Å². The molecule has 0 spiro atoms. The van der Waals surface area contributed by atoms with E-state index in [0.717, 1.165) is 39.4 Å². The molecular weight excluding hydrogens is 709 g/mol.